The van der Waals surface area contributed by atoms with Crippen molar-refractivity contribution in [1.82, 2.24) is 19.4 Å². The summed E-state index contributed by atoms with van der Waals surface area (Å²) in [6.07, 6.45) is 7.56. The second-order valence-electron chi connectivity index (χ2n) is 8.33. The van der Waals surface area contributed by atoms with E-state index in [1.54, 1.807) is 22.1 Å². The smallest absolute Gasteiger partial charge is 0.263 e. The van der Waals surface area contributed by atoms with Gasteiger partial charge in [0.25, 0.3) is 5.56 Å². The van der Waals surface area contributed by atoms with E-state index in [1.807, 2.05) is 36.9 Å². The Kier molecular flexibility index (Phi) is 7.30. The Labute approximate surface area is 197 Å². The van der Waals surface area contributed by atoms with Gasteiger partial charge in [0.1, 0.15) is 4.83 Å². The number of hydrogen-bond donors (Lipinski definition) is 0. The van der Waals surface area contributed by atoms with E-state index in [0.29, 0.717) is 23.1 Å². The van der Waals surface area contributed by atoms with Crippen molar-refractivity contribution in [1.29, 1.82) is 0 Å². The first-order chi connectivity index (χ1) is 15.5. The van der Waals surface area contributed by atoms with Gasteiger partial charge in [-0.05, 0) is 51.3 Å². The molecule has 3 heterocycles. The van der Waals surface area contributed by atoms with Crippen LogP contribution in [0.15, 0.2) is 34.3 Å². The molecule has 0 bridgehead atoms. The summed E-state index contributed by atoms with van der Waals surface area (Å²) >= 11 is 2.91. The van der Waals surface area contributed by atoms with Crippen molar-refractivity contribution in [3.8, 4) is 0 Å². The van der Waals surface area contributed by atoms with Gasteiger partial charge in [-0.1, -0.05) is 37.1 Å². The summed E-state index contributed by atoms with van der Waals surface area (Å²) in [5.74, 6) is 0.412. The average Bonchev–Trinajstić information content (AvgIpc) is 3.10. The van der Waals surface area contributed by atoms with Crippen LogP contribution >= 0.6 is 23.1 Å². The fourth-order valence-electron chi connectivity index (χ4n) is 4.45. The lowest BCUT2D eigenvalue weighted by molar-refractivity contribution is -0.131. The van der Waals surface area contributed by atoms with Crippen molar-refractivity contribution < 1.29 is 4.79 Å². The van der Waals surface area contributed by atoms with Gasteiger partial charge in [-0.2, -0.15) is 0 Å². The van der Waals surface area contributed by atoms with Crippen LogP contribution in [-0.2, 0) is 11.3 Å². The molecular formula is C24H30N4O2S2. The van der Waals surface area contributed by atoms with Crippen molar-refractivity contribution >= 4 is 39.2 Å². The predicted octanol–water partition coefficient (Wildman–Crippen LogP) is 4.79. The second kappa shape index (κ2) is 10.2. The quantitative estimate of drug-likeness (QED) is 0.367. The Morgan fingerprint density at radius 3 is 2.72 bits per heavy atom. The van der Waals surface area contributed by atoms with E-state index in [0.717, 1.165) is 40.4 Å². The lowest BCUT2D eigenvalue weighted by atomic mass is 9.94. The maximum Gasteiger partial charge on any atom is 0.263 e. The van der Waals surface area contributed by atoms with E-state index in [-0.39, 0.29) is 17.2 Å². The van der Waals surface area contributed by atoms with Gasteiger partial charge < -0.3 is 4.90 Å². The molecule has 0 spiro atoms. The van der Waals surface area contributed by atoms with Crippen LogP contribution in [0.3, 0.4) is 0 Å². The van der Waals surface area contributed by atoms with Crippen LogP contribution in [0.5, 0.6) is 0 Å². The molecule has 1 saturated carbocycles. The molecule has 0 N–H and O–H groups in total. The number of carbonyl (C=O) groups excluding carboxylic acids is 1. The Balaban J connectivity index is 1.63. The number of thioether (sulfide) groups is 1. The highest BCUT2D eigenvalue weighted by Crippen LogP contribution is 2.29. The van der Waals surface area contributed by atoms with Crippen LogP contribution in [0.25, 0.3) is 10.2 Å². The Morgan fingerprint density at radius 1 is 1.25 bits per heavy atom. The normalized spacial score (nSPS) is 14.7. The molecule has 0 aliphatic heterocycles. The summed E-state index contributed by atoms with van der Waals surface area (Å²) in [4.78, 5) is 39.7. The van der Waals surface area contributed by atoms with E-state index in [9.17, 15) is 9.59 Å². The molecular weight excluding hydrogens is 440 g/mol. The molecule has 3 aromatic rings. The number of carbonyl (C=O) groups is 1. The van der Waals surface area contributed by atoms with Crippen LogP contribution in [0.1, 0.15) is 55.2 Å². The largest absolute Gasteiger partial charge is 0.339 e. The van der Waals surface area contributed by atoms with Crippen LogP contribution in [0, 0.1) is 13.8 Å². The maximum atomic E-state index is 13.5. The van der Waals surface area contributed by atoms with Gasteiger partial charge in [0, 0.05) is 23.7 Å². The van der Waals surface area contributed by atoms with E-state index in [4.69, 9.17) is 4.98 Å². The maximum absolute atomic E-state index is 13.5. The molecule has 6 nitrogen and oxygen atoms in total. The zero-order chi connectivity index (χ0) is 22.7. The lowest BCUT2D eigenvalue weighted by Crippen LogP contribution is -2.42. The number of fused-ring (bicyclic) bond motifs is 1. The first-order valence-corrected chi connectivity index (χ1v) is 13.1. The molecule has 170 valence electrons. The monoisotopic (exact) mass is 470 g/mol. The highest BCUT2D eigenvalue weighted by Gasteiger charge is 2.25. The summed E-state index contributed by atoms with van der Waals surface area (Å²) < 4.78 is 1.68. The minimum absolute atomic E-state index is 0.0583. The topological polar surface area (TPSA) is 68.1 Å². The number of aryl methyl sites for hydroxylation is 2. The van der Waals surface area contributed by atoms with Crippen molar-refractivity contribution in [3.05, 3.63) is 50.9 Å². The highest BCUT2D eigenvalue weighted by atomic mass is 32.2. The molecule has 4 rings (SSSR count). The van der Waals surface area contributed by atoms with E-state index < -0.39 is 0 Å². The minimum Gasteiger partial charge on any atom is -0.339 e. The zero-order valence-corrected chi connectivity index (χ0v) is 20.6. The Hall–Kier alpha value is -2.19. The molecule has 1 amide bonds. The first-order valence-electron chi connectivity index (χ1n) is 11.3. The zero-order valence-electron chi connectivity index (χ0n) is 19.0. The molecule has 0 saturated heterocycles. The van der Waals surface area contributed by atoms with Crippen molar-refractivity contribution in [2.75, 3.05) is 12.3 Å². The summed E-state index contributed by atoms with van der Waals surface area (Å²) in [5, 5.41) is 1.26. The third-order valence-electron chi connectivity index (χ3n) is 6.30. The van der Waals surface area contributed by atoms with Crippen LogP contribution in [-0.4, -0.2) is 43.7 Å². The number of rotatable bonds is 7. The average molecular weight is 471 g/mol. The minimum atomic E-state index is -0.0583. The molecule has 1 aliphatic rings. The Morgan fingerprint density at radius 2 is 2.03 bits per heavy atom. The lowest BCUT2D eigenvalue weighted by Gasteiger charge is -2.33. The number of aromatic nitrogens is 3. The van der Waals surface area contributed by atoms with Gasteiger partial charge in [0.15, 0.2) is 5.16 Å². The van der Waals surface area contributed by atoms with Gasteiger partial charge in [-0.3, -0.25) is 19.1 Å². The van der Waals surface area contributed by atoms with Gasteiger partial charge in [0.05, 0.1) is 23.4 Å². The summed E-state index contributed by atoms with van der Waals surface area (Å²) in [5.41, 5.74) is 1.72. The van der Waals surface area contributed by atoms with Gasteiger partial charge in [-0.25, -0.2) is 4.98 Å². The number of hydrogen-bond acceptors (Lipinski definition) is 6. The molecule has 1 fully saturated rings. The molecule has 0 aromatic carbocycles. The van der Waals surface area contributed by atoms with E-state index in [2.05, 4.69) is 11.9 Å². The molecule has 1 aliphatic carbocycles. The molecule has 8 heteroatoms. The van der Waals surface area contributed by atoms with Crippen LogP contribution in [0.2, 0.25) is 0 Å². The fourth-order valence-corrected chi connectivity index (χ4v) is 6.41. The third kappa shape index (κ3) is 4.76. The van der Waals surface area contributed by atoms with E-state index in [1.165, 1.54) is 31.0 Å². The number of amides is 1. The second-order valence-corrected chi connectivity index (χ2v) is 10.5. The summed E-state index contributed by atoms with van der Waals surface area (Å²) in [6, 6.07) is 6.03. The molecule has 0 atom stereocenters. The van der Waals surface area contributed by atoms with Gasteiger partial charge >= 0.3 is 0 Å². The van der Waals surface area contributed by atoms with Crippen molar-refractivity contribution in [2.45, 2.75) is 70.6 Å². The van der Waals surface area contributed by atoms with Gasteiger partial charge in [-0.15, -0.1) is 11.3 Å². The van der Waals surface area contributed by atoms with E-state index >= 15 is 0 Å². The predicted molar refractivity (Wildman–Crippen MR) is 132 cm³/mol. The van der Waals surface area contributed by atoms with Gasteiger partial charge in [0.2, 0.25) is 5.91 Å². The molecule has 0 radical (unpaired) electrons. The summed E-state index contributed by atoms with van der Waals surface area (Å²) in [6.45, 7) is 7.11. The van der Waals surface area contributed by atoms with Crippen LogP contribution in [0.4, 0.5) is 0 Å². The fraction of sp³-hybridized carbons (Fsp3) is 0.500. The Bertz CT molecular complexity index is 1150. The standard InChI is InChI=1S/C24H30N4O2S2/c1-4-27(19-11-6-5-7-12-19)20(29)15-31-24-26-22-21(16(2)17(3)32-22)23(30)28(24)14-18-10-8-9-13-25-18/h8-10,13,19H,4-7,11-12,14-15H2,1-3H3. The molecule has 32 heavy (non-hydrogen) atoms. The van der Waals surface area contributed by atoms with Crippen molar-refractivity contribution in [3.63, 3.8) is 0 Å². The highest BCUT2D eigenvalue weighted by molar-refractivity contribution is 7.99. The SMILES string of the molecule is CCN(C(=O)CSc1nc2sc(C)c(C)c2c(=O)n1Cc1ccccn1)C1CCCCC1. The first kappa shape index (κ1) is 23.0. The number of thiophene rings is 1. The molecule has 0 unspecified atom stereocenters. The summed E-state index contributed by atoms with van der Waals surface area (Å²) in [7, 11) is 0. The molecule has 3 aromatic heterocycles. The third-order valence-corrected chi connectivity index (χ3v) is 8.36. The van der Waals surface area contributed by atoms with Crippen molar-refractivity contribution in [2.24, 2.45) is 0 Å². The number of nitrogens with zero attached hydrogens (tertiary/aromatic N) is 4. The number of pyridine rings is 1. The van der Waals surface area contributed by atoms with Crippen LogP contribution < -0.4 is 5.56 Å².